The summed E-state index contributed by atoms with van der Waals surface area (Å²) in [5.41, 5.74) is 2.81. The molecule has 2 aromatic carbocycles. The normalized spacial score (nSPS) is 10.2. The van der Waals surface area contributed by atoms with Gasteiger partial charge in [-0.15, -0.1) is 0 Å². The standard InChI is InChI=1S/C19H20FNO4/c1-13-7-14(2)9-17(8-13)24-12-19(23)25-11-18(22)21-10-15-3-5-16(20)6-4-15/h3-9H,10-12H2,1-2H3,(H,21,22). The zero-order valence-electron chi connectivity index (χ0n) is 14.2. The van der Waals surface area contributed by atoms with Gasteiger partial charge >= 0.3 is 5.97 Å². The molecule has 0 bridgehead atoms. The van der Waals surface area contributed by atoms with Crippen LogP contribution < -0.4 is 10.1 Å². The molecule has 132 valence electrons. The molecule has 2 aromatic rings. The highest BCUT2D eigenvalue weighted by atomic mass is 19.1. The highest BCUT2D eigenvalue weighted by molar-refractivity contribution is 5.80. The number of ether oxygens (including phenoxy) is 2. The molecule has 0 fully saturated rings. The molecule has 0 aliphatic rings. The predicted octanol–water partition coefficient (Wildman–Crippen LogP) is 2.68. The molecule has 0 aliphatic heterocycles. The Morgan fingerprint density at radius 2 is 1.64 bits per heavy atom. The molecule has 25 heavy (non-hydrogen) atoms. The summed E-state index contributed by atoms with van der Waals surface area (Å²) in [6.07, 6.45) is 0. The lowest BCUT2D eigenvalue weighted by Crippen LogP contribution is -2.29. The molecule has 0 radical (unpaired) electrons. The first-order valence-electron chi connectivity index (χ1n) is 7.80. The minimum absolute atomic E-state index is 0.232. The fourth-order valence-electron chi connectivity index (χ4n) is 2.20. The van der Waals surface area contributed by atoms with Crippen molar-refractivity contribution in [2.24, 2.45) is 0 Å². The van der Waals surface area contributed by atoms with E-state index in [1.807, 2.05) is 32.0 Å². The first-order chi connectivity index (χ1) is 11.9. The lowest BCUT2D eigenvalue weighted by atomic mass is 10.1. The van der Waals surface area contributed by atoms with E-state index >= 15 is 0 Å². The van der Waals surface area contributed by atoms with Gasteiger partial charge in [-0.05, 0) is 54.8 Å². The predicted molar refractivity (Wildman–Crippen MR) is 90.6 cm³/mol. The van der Waals surface area contributed by atoms with Gasteiger partial charge in [0, 0.05) is 6.54 Å². The number of hydrogen-bond acceptors (Lipinski definition) is 4. The topological polar surface area (TPSA) is 64.6 Å². The highest BCUT2D eigenvalue weighted by Gasteiger charge is 2.09. The Labute approximate surface area is 145 Å². The first kappa shape index (κ1) is 18.4. The molecule has 0 atom stereocenters. The summed E-state index contributed by atoms with van der Waals surface area (Å²) in [4.78, 5) is 23.3. The lowest BCUT2D eigenvalue weighted by Gasteiger charge is -2.09. The van der Waals surface area contributed by atoms with Gasteiger partial charge in [0.25, 0.3) is 5.91 Å². The third kappa shape index (κ3) is 6.63. The van der Waals surface area contributed by atoms with E-state index in [1.165, 1.54) is 12.1 Å². The Morgan fingerprint density at radius 3 is 2.28 bits per heavy atom. The summed E-state index contributed by atoms with van der Waals surface area (Å²) in [6.45, 7) is 3.44. The van der Waals surface area contributed by atoms with Crippen molar-refractivity contribution in [1.82, 2.24) is 5.32 Å². The number of esters is 1. The smallest absolute Gasteiger partial charge is 0.344 e. The van der Waals surface area contributed by atoms with Crippen molar-refractivity contribution in [3.05, 3.63) is 65.0 Å². The molecule has 0 saturated heterocycles. The maximum Gasteiger partial charge on any atom is 0.344 e. The molecule has 5 nitrogen and oxygen atoms in total. The number of hydrogen-bond donors (Lipinski definition) is 1. The summed E-state index contributed by atoms with van der Waals surface area (Å²) in [7, 11) is 0. The molecule has 0 heterocycles. The summed E-state index contributed by atoms with van der Waals surface area (Å²) in [5.74, 6) is -0.830. The summed E-state index contributed by atoms with van der Waals surface area (Å²) < 4.78 is 23.0. The molecule has 0 aromatic heterocycles. The second-order valence-corrected chi connectivity index (χ2v) is 5.68. The third-order valence-electron chi connectivity index (χ3n) is 3.32. The van der Waals surface area contributed by atoms with Crippen molar-refractivity contribution >= 4 is 11.9 Å². The molecular formula is C19H20FNO4. The minimum atomic E-state index is -0.629. The molecular weight excluding hydrogens is 325 g/mol. The lowest BCUT2D eigenvalue weighted by molar-refractivity contribution is -0.150. The molecule has 1 N–H and O–H groups in total. The molecule has 0 saturated carbocycles. The van der Waals surface area contributed by atoms with Gasteiger partial charge < -0.3 is 14.8 Å². The van der Waals surface area contributed by atoms with Crippen LogP contribution in [-0.2, 0) is 20.9 Å². The van der Waals surface area contributed by atoms with E-state index in [4.69, 9.17) is 9.47 Å². The van der Waals surface area contributed by atoms with Gasteiger partial charge in [-0.1, -0.05) is 18.2 Å². The average molecular weight is 345 g/mol. The SMILES string of the molecule is Cc1cc(C)cc(OCC(=O)OCC(=O)NCc2ccc(F)cc2)c1. The van der Waals surface area contributed by atoms with Gasteiger partial charge in [0.05, 0.1) is 0 Å². The van der Waals surface area contributed by atoms with Crippen LogP contribution in [-0.4, -0.2) is 25.1 Å². The number of rotatable bonds is 7. The van der Waals surface area contributed by atoms with E-state index in [9.17, 15) is 14.0 Å². The molecule has 6 heteroatoms. The fourth-order valence-corrected chi connectivity index (χ4v) is 2.20. The summed E-state index contributed by atoms with van der Waals surface area (Å²) in [6, 6.07) is 11.4. The minimum Gasteiger partial charge on any atom is -0.482 e. The van der Waals surface area contributed by atoms with E-state index in [0.717, 1.165) is 16.7 Å². The van der Waals surface area contributed by atoms with Crippen LogP contribution in [0.2, 0.25) is 0 Å². The summed E-state index contributed by atoms with van der Waals surface area (Å²) >= 11 is 0. The van der Waals surface area contributed by atoms with Gasteiger partial charge in [-0.3, -0.25) is 4.79 Å². The van der Waals surface area contributed by atoms with Crippen molar-refractivity contribution in [3.63, 3.8) is 0 Å². The Kier molecular flexibility index (Phi) is 6.51. The number of benzene rings is 2. The second-order valence-electron chi connectivity index (χ2n) is 5.68. The quantitative estimate of drug-likeness (QED) is 0.784. The van der Waals surface area contributed by atoms with Crippen LogP contribution in [0.5, 0.6) is 5.75 Å². The average Bonchev–Trinajstić information content (AvgIpc) is 2.57. The highest BCUT2D eigenvalue weighted by Crippen LogP contribution is 2.16. The van der Waals surface area contributed by atoms with Crippen molar-refractivity contribution in [2.75, 3.05) is 13.2 Å². The van der Waals surface area contributed by atoms with E-state index in [1.54, 1.807) is 12.1 Å². The molecule has 0 spiro atoms. The van der Waals surface area contributed by atoms with Crippen molar-refractivity contribution in [1.29, 1.82) is 0 Å². The Hall–Kier alpha value is -2.89. The number of nitrogens with one attached hydrogen (secondary N) is 1. The number of aryl methyl sites for hydroxylation is 2. The van der Waals surface area contributed by atoms with Crippen LogP contribution in [0.15, 0.2) is 42.5 Å². The van der Waals surface area contributed by atoms with Crippen molar-refractivity contribution in [2.45, 2.75) is 20.4 Å². The number of carbonyl (C=O) groups excluding carboxylic acids is 2. The van der Waals surface area contributed by atoms with E-state index < -0.39 is 18.5 Å². The molecule has 0 aliphatic carbocycles. The summed E-state index contributed by atoms with van der Waals surface area (Å²) in [5, 5.41) is 2.58. The van der Waals surface area contributed by atoms with Crippen LogP contribution >= 0.6 is 0 Å². The van der Waals surface area contributed by atoms with E-state index in [2.05, 4.69) is 5.32 Å². The van der Waals surface area contributed by atoms with Gasteiger partial charge in [-0.25, -0.2) is 9.18 Å². The van der Waals surface area contributed by atoms with E-state index in [-0.39, 0.29) is 19.0 Å². The van der Waals surface area contributed by atoms with Crippen LogP contribution in [0.4, 0.5) is 4.39 Å². The van der Waals surface area contributed by atoms with Crippen LogP contribution in [0.1, 0.15) is 16.7 Å². The van der Waals surface area contributed by atoms with Gasteiger partial charge in [0.2, 0.25) is 0 Å². The van der Waals surface area contributed by atoms with E-state index in [0.29, 0.717) is 5.75 Å². The van der Waals surface area contributed by atoms with Crippen molar-refractivity contribution in [3.8, 4) is 5.75 Å². The maximum absolute atomic E-state index is 12.8. The Bertz CT molecular complexity index is 723. The molecule has 2 rings (SSSR count). The maximum atomic E-state index is 12.8. The molecule has 0 unspecified atom stereocenters. The Morgan fingerprint density at radius 1 is 1.00 bits per heavy atom. The van der Waals surface area contributed by atoms with Gasteiger partial charge in [0.15, 0.2) is 13.2 Å². The zero-order valence-corrected chi connectivity index (χ0v) is 14.2. The largest absolute Gasteiger partial charge is 0.482 e. The van der Waals surface area contributed by atoms with Crippen LogP contribution in [0, 0.1) is 19.7 Å². The third-order valence-corrected chi connectivity index (χ3v) is 3.32. The Balaban J connectivity index is 1.68. The first-order valence-corrected chi connectivity index (χ1v) is 7.80. The van der Waals surface area contributed by atoms with Gasteiger partial charge in [0.1, 0.15) is 11.6 Å². The van der Waals surface area contributed by atoms with Gasteiger partial charge in [-0.2, -0.15) is 0 Å². The second kappa shape index (κ2) is 8.82. The van der Waals surface area contributed by atoms with Crippen LogP contribution in [0.25, 0.3) is 0 Å². The van der Waals surface area contributed by atoms with Crippen molar-refractivity contribution < 1.29 is 23.5 Å². The number of halogens is 1. The zero-order chi connectivity index (χ0) is 18.2. The fraction of sp³-hybridized carbons (Fsp3) is 0.263. The monoisotopic (exact) mass is 345 g/mol. The van der Waals surface area contributed by atoms with Crippen LogP contribution in [0.3, 0.4) is 0 Å². The number of amides is 1. The number of carbonyl (C=O) groups is 2. The molecule has 1 amide bonds.